The maximum Gasteiger partial charge on any atom is 0.298 e. The molecule has 6 rings (SSSR count). The number of aromatic nitrogens is 3. The van der Waals surface area contributed by atoms with Gasteiger partial charge in [-0.1, -0.05) is 12.0 Å². The van der Waals surface area contributed by atoms with Gasteiger partial charge in [-0.15, -0.1) is 0 Å². The number of pyridine rings is 1. The van der Waals surface area contributed by atoms with Crippen LogP contribution >= 0.6 is 0 Å². The molecule has 3 aliphatic heterocycles. The lowest BCUT2D eigenvalue weighted by molar-refractivity contribution is -0.125. The number of halogens is 1. The van der Waals surface area contributed by atoms with E-state index < -0.39 is 22.1 Å². The molecule has 3 atom stereocenters. The third kappa shape index (κ3) is 6.67. The largest absolute Gasteiger partial charge is 0.378 e. The Bertz CT molecular complexity index is 1760. The zero-order valence-electron chi connectivity index (χ0n) is 25.7. The smallest absolute Gasteiger partial charge is 0.298 e. The average molecular weight is 636 g/mol. The number of piperidine rings is 1. The first kappa shape index (κ1) is 31.0. The fraction of sp³-hybridized carbons (Fsp3) is 0.500. The van der Waals surface area contributed by atoms with Crippen molar-refractivity contribution >= 4 is 49.8 Å². The summed E-state index contributed by atoms with van der Waals surface area (Å²) in [6.07, 6.45) is 5.43. The van der Waals surface area contributed by atoms with Crippen LogP contribution in [0.15, 0.2) is 36.7 Å². The molecule has 0 radical (unpaired) electrons. The Balaban J connectivity index is 1.31. The number of carbonyl (C=O) groups is 1. The number of likely N-dealkylation sites (tertiary alicyclic amines) is 1. The maximum absolute atomic E-state index is 14.6. The monoisotopic (exact) mass is 635 g/mol. The molecule has 0 bridgehead atoms. The summed E-state index contributed by atoms with van der Waals surface area (Å²) in [6, 6.07) is 7.70. The molecular formula is C32H38FN7O4S. The number of ether oxygens (including phenoxy) is 1. The Morgan fingerprint density at radius 3 is 2.64 bits per heavy atom. The van der Waals surface area contributed by atoms with Crippen molar-refractivity contribution in [1.29, 1.82) is 0 Å². The molecule has 3 fully saturated rings. The van der Waals surface area contributed by atoms with E-state index in [-0.39, 0.29) is 30.2 Å². The summed E-state index contributed by atoms with van der Waals surface area (Å²) < 4.78 is 43.5. The highest BCUT2D eigenvalue weighted by molar-refractivity contribution is 7.90. The molecule has 13 heteroatoms. The molecule has 11 nitrogen and oxygen atoms in total. The van der Waals surface area contributed by atoms with E-state index in [9.17, 15) is 17.6 Å². The topological polar surface area (TPSA) is 121 Å². The lowest BCUT2D eigenvalue weighted by Gasteiger charge is -2.41. The van der Waals surface area contributed by atoms with Gasteiger partial charge in [0.05, 0.1) is 24.4 Å². The van der Waals surface area contributed by atoms with Gasteiger partial charge in [0, 0.05) is 68.9 Å². The van der Waals surface area contributed by atoms with Gasteiger partial charge in [-0.3, -0.25) is 4.79 Å². The normalized spacial score (nSPS) is 22.2. The first-order valence-corrected chi connectivity index (χ1v) is 17.3. The van der Waals surface area contributed by atoms with Crippen LogP contribution in [0.5, 0.6) is 0 Å². The minimum Gasteiger partial charge on any atom is -0.378 e. The summed E-state index contributed by atoms with van der Waals surface area (Å²) >= 11 is 0. The Morgan fingerprint density at radius 1 is 1.09 bits per heavy atom. The van der Waals surface area contributed by atoms with E-state index >= 15 is 0 Å². The number of hydrogen-bond acceptors (Lipinski definition) is 10. The summed E-state index contributed by atoms with van der Waals surface area (Å²) in [5, 5.41) is 5.17. The molecule has 1 N–H and O–H groups in total. The van der Waals surface area contributed by atoms with E-state index in [2.05, 4.69) is 44.2 Å². The lowest BCUT2D eigenvalue weighted by atomic mass is 9.94. The maximum atomic E-state index is 14.6. The summed E-state index contributed by atoms with van der Waals surface area (Å²) in [7, 11) is -1.53. The fourth-order valence-electron chi connectivity index (χ4n) is 6.73. The highest BCUT2D eigenvalue weighted by Crippen LogP contribution is 2.41. The van der Waals surface area contributed by atoms with Crippen LogP contribution in [0.4, 0.5) is 27.7 Å². The van der Waals surface area contributed by atoms with Crippen LogP contribution in [-0.4, -0.2) is 98.3 Å². The molecule has 3 aromatic rings. The number of alkyl halides is 1. The van der Waals surface area contributed by atoms with Crippen molar-refractivity contribution in [2.24, 2.45) is 5.92 Å². The number of carbonyl (C=O) groups excluding carboxylic acids is 1. The first-order valence-electron chi connectivity index (χ1n) is 15.2. The van der Waals surface area contributed by atoms with E-state index in [0.717, 1.165) is 34.9 Å². The van der Waals surface area contributed by atoms with Crippen molar-refractivity contribution in [3.63, 3.8) is 0 Å². The SMILES string of the molecule is CC#CC(=O)N1CCC[C@H]1c1ccc(N2CC(CS(C)(=O)=O)C2)c2cnc(Nc3ccnc(N4CC[C@@H](OC)[C@@H](F)C4)n3)cc12. The van der Waals surface area contributed by atoms with Crippen molar-refractivity contribution in [2.75, 3.05) is 67.0 Å². The Morgan fingerprint density at radius 2 is 1.91 bits per heavy atom. The summed E-state index contributed by atoms with van der Waals surface area (Å²) in [6.45, 7) is 4.34. The zero-order chi connectivity index (χ0) is 31.7. The summed E-state index contributed by atoms with van der Waals surface area (Å²) in [5.74, 6) is 7.01. The molecule has 0 aliphatic carbocycles. The van der Waals surface area contributed by atoms with Crippen LogP contribution in [0.1, 0.15) is 37.8 Å². The van der Waals surface area contributed by atoms with Crippen molar-refractivity contribution in [3.8, 4) is 11.8 Å². The van der Waals surface area contributed by atoms with E-state index in [1.807, 2.05) is 22.1 Å². The second-order valence-electron chi connectivity index (χ2n) is 12.1. The molecule has 2 aromatic heterocycles. The van der Waals surface area contributed by atoms with Crippen LogP contribution in [0.25, 0.3) is 10.8 Å². The van der Waals surface area contributed by atoms with E-state index in [0.29, 0.717) is 50.2 Å². The van der Waals surface area contributed by atoms with E-state index in [1.165, 1.54) is 13.4 Å². The molecule has 5 heterocycles. The molecule has 3 aliphatic rings. The fourth-order valence-corrected chi connectivity index (χ4v) is 7.79. The van der Waals surface area contributed by atoms with Crippen LogP contribution in [0, 0.1) is 17.8 Å². The molecule has 45 heavy (non-hydrogen) atoms. The van der Waals surface area contributed by atoms with Crippen molar-refractivity contribution in [3.05, 3.63) is 42.2 Å². The van der Waals surface area contributed by atoms with Gasteiger partial charge < -0.3 is 24.8 Å². The van der Waals surface area contributed by atoms with Crippen molar-refractivity contribution in [2.45, 2.75) is 44.5 Å². The standard InChI is InChI=1S/C32H38FN7O4S/c1-4-6-31(41)40-13-5-7-27(40)22-8-9-26(39-17-21(18-39)20-45(3,42)43)24-16-35-30(15-23(22)24)36-29-10-12-34-32(37-29)38-14-11-28(44-2)25(33)19-38/h8-10,12,15-16,21,25,27-28H,5,7,11,13-14,17-20H2,1-3H3,(H,34,35,36,37)/t25-,27-,28+/m0/s1. The predicted octanol–water partition coefficient (Wildman–Crippen LogP) is 3.50. The number of fused-ring (bicyclic) bond motifs is 1. The zero-order valence-corrected chi connectivity index (χ0v) is 26.6. The highest BCUT2D eigenvalue weighted by atomic mass is 32.2. The number of benzene rings is 1. The van der Waals surface area contributed by atoms with Crippen LogP contribution in [0.2, 0.25) is 0 Å². The Kier molecular flexibility index (Phi) is 8.79. The lowest BCUT2D eigenvalue weighted by Crippen LogP contribution is -2.49. The quantitative estimate of drug-likeness (QED) is 0.368. The van der Waals surface area contributed by atoms with Crippen molar-refractivity contribution < 1.29 is 22.3 Å². The minimum absolute atomic E-state index is 0.0825. The third-order valence-corrected chi connectivity index (χ3v) is 9.90. The number of amides is 1. The number of hydrogen-bond donors (Lipinski definition) is 1. The second kappa shape index (κ2) is 12.8. The van der Waals surface area contributed by atoms with E-state index in [4.69, 9.17) is 9.72 Å². The van der Waals surface area contributed by atoms with Gasteiger partial charge in [-0.25, -0.2) is 22.8 Å². The Hall–Kier alpha value is -4.02. The molecule has 1 aromatic carbocycles. The van der Waals surface area contributed by atoms with Gasteiger partial charge >= 0.3 is 0 Å². The van der Waals surface area contributed by atoms with Gasteiger partial charge in [-0.2, -0.15) is 4.98 Å². The van der Waals surface area contributed by atoms with Crippen LogP contribution in [-0.2, 0) is 19.4 Å². The van der Waals surface area contributed by atoms with E-state index in [1.54, 1.807) is 19.2 Å². The molecule has 0 saturated carbocycles. The van der Waals surface area contributed by atoms with Crippen LogP contribution < -0.4 is 15.1 Å². The number of anilines is 4. The summed E-state index contributed by atoms with van der Waals surface area (Å²) in [4.78, 5) is 32.5. The number of nitrogens with one attached hydrogen (secondary N) is 1. The van der Waals surface area contributed by atoms with Gasteiger partial charge in [0.1, 0.15) is 27.6 Å². The van der Waals surface area contributed by atoms with Gasteiger partial charge in [-0.05, 0) is 61.3 Å². The summed E-state index contributed by atoms with van der Waals surface area (Å²) in [5.41, 5.74) is 1.99. The molecule has 0 unspecified atom stereocenters. The predicted molar refractivity (Wildman–Crippen MR) is 172 cm³/mol. The van der Waals surface area contributed by atoms with Gasteiger partial charge in [0.2, 0.25) is 5.95 Å². The van der Waals surface area contributed by atoms with Gasteiger partial charge in [0.25, 0.3) is 5.91 Å². The molecule has 238 valence electrons. The molecule has 0 spiro atoms. The third-order valence-electron chi connectivity index (χ3n) is 8.82. The van der Waals surface area contributed by atoms with Crippen LogP contribution in [0.3, 0.4) is 0 Å². The minimum atomic E-state index is -3.05. The average Bonchev–Trinajstić information content (AvgIpc) is 3.48. The van der Waals surface area contributed by atoms with Crippen molar-refractivity contribution in [1.82, 2.24) is 19.9 Å². The first-order chi connectivity index (χ1) is 21.6. The number of methoxy groups -OCH3 is 1. The van der Waals surface area contributed by atoms with Gasteiger partial charge in [0.15, 0.2) is 0 Å². The molecule has 3 saturated heterocycles. The Labute approximate surface area is 263 Å². The highest BCUT2D eigenvalue weighted by Gasteiger charge is 2.34. The second-order valence-corrected chi connectivity index (χ2v) is 14.3. The number of sulfone groups is 1. The molecular weight excluding hydrogens is 597 g/mol. The number of nitrogens with zero attached hydrogens (tertiary/aromatic N) is 6. The molecule has 1 amide bonds. The number of rotatable bonds is 8.